The molecule has 0 spiro atoms. The van der Waals surface area contributed by atoms with E-state index >= 15 is 0 Å². The first-order valence-corrected chi connectivity index (χ1v) is 9.38. The van der Waals surface area contributed by atoms with Crippen molar-refractivity contribution >= 4 is 37.6 Å². The lowest BCUT2D eigenvalue weighted by atomic mass is 10.1. The number of sulfone groups is 1. The molecule has 112 valence electrons. The normalized spacial score (nSPS) is 16.5. The third-order valence-electron chi connectivity index (χ3n) is 3.62. The molecule has 0 unspecified atom stereocenters. The lowest BCUT2D eigenvalue weighted by molar-refractivity contribution is 0.102. The highest BCUT2D eigenvalue weighted by Crippen LogP contribution is 2.39. The van der Waals surface area contributed by atoms with Crippen LogP contribution in [0.1, 0.15) is 42.3 Å². The van der Waals surface area contributed by atoms with Crippen molar-refractivity contribution in [2.24, 2.45) is 5.92 Å². The van der Waals surface area contributed by atoms with Gasteiger partial charge in [0, 0.05) is 19.7 Å². The summed E-state index contributed by atoms with van der Waals surface area (Å²) < 4.78 is 23.8. The number of nitrogen functional groups attached to an aromatic ring is 1. The van der Waals surface area contributed by atoms with Gasteiger partial charge < -0.3 is 11.1 Å². The number of carbonyl (C=O) groups is 1. The Morgan fingerprint density at radius 1 is 1.40 bits per heavy atom. The first-order chi connectivity index (χ1) is 9.30. The Bertz CT molecular complexity index is 614. The molecular formula is C13H20N2O3S2. The minimum absolute atomic E-state index is 0.0747. The van der Waals surface area contributed by atoms with Crippen LogP contribution in [0.2, 0.25) is 0 Å². The molecule has 20 heavy (non-hydrogen) atoms. The van der Waals surface area contributed by atoms with Crippen molar-refractivity contribution in [1.29, 1.82) is 0 Å². The average molecular weight is 316 g/mol. The number of Topliss-reactive ketones (excluding diaryl/α,β-unsaturated/α-hetero) is 1. The van der Waals surface area contributed by atoms with E-state index in [9.17, 15) is 13.2 Å². The van der Waals surface area contributed by atoms with E-state index in [0.29, 0.717) is 15.8 Å². The number of hydrogen-bond acceptors (Lipinski definition) is 6. The molecule has 0 saturated heterocycles. The monoisotopic (exact) mass is 316 g/mol. The topological polar surface area (TPSA) is 89.3 Å². The van der Waals surface area contributed by atoms with Crippen molar-refractivity contribution in [2.45, 2.75) is 37.5 Å². The summed E-state index contributed by atoms with van der Waals surface area (Å²) in [6.45, 7) is 2.13. The van der Waals surface area contributed by atoms with Gasteiger partial charge in [0.15, 0.2) is 15.6 Å². The molecule has 1 saturated carbocycles. The number of nitrogens with two attached hydrogens (primary N) is 1. The smallest absolute Gasteiger partial charge is 0.180 e. The molecule has 1 aliphatic carbocycles. The van der Waals surface area contributed by atoms with Crippen LogP contribution in [-0.2, 0) is 9.84 Å². The Kier molecular flexibility index (Phi) is 4.39. The first kappa shape index (κ1) is 15.3. The van der Waals surface area contributed by atoms with Crippen molar-refractivity contribution in [3.63, 3.8) is 0 Å². The highest BCUT2D eigenvalue weighted by molar-refractivity contribution is 7.91. The Labute approximate surface area is 123 Å². The lowest BCUT2D eigenvalue weighted by Gasteiger charge is -2.11. The van der Waals surface area contributed by atoms with Gasteiger partial charge in [0.1, 0.15) is 9.90 Å². The molecular weight excluding hydrogens is 296 g/mol. The van der Waals surface area contributed by atoms with Crippen LogP contribution < -0.4 is 11.1 Å². The second kappa shape index (κ2) is 5.73. The number of hydrogen-bond donors (Lipinski definition) is 2. The van der Waals surface area contributed by atoms with Gasteiger partial charge in [-0.1, -0.05) is 12.8 Å². The number of ketones is 1. The van der Waals surface area contributed by atoms with E-state index in [-0.39, 0.29) is 16.4 Å². The van der Waals surface area contributed by atoms with Crippen LogP contribution in [0.3, 0.4) is 0 Å². The van der Waals surface area contributed by atoms with E-state index in [1.165, 1.54) is 32.6 Å². The molecule has 0 atom stereocenters. The lowest BCUT2D eigenvalue weighted by Crippen LogP contribution is -2.12. The minimum atomic E-state index is -3.45. The zero-order chi connectivity index (χ0) is 14.9. The average Bonchev–Trinajstić information content (AvgIpc) is 2.92. The van der Waals surface area contributed by atoms with Crippen LogP contribution in [-0.4, -0.2) is 27.0 Å². The standard InChI is InChI=1S/C13H20N2O3S2/c1-8(16)11-10(14)12(20(2,17)18)13(19-11)15-7-9-5-3-4-6-9/h9,15H,3-7,14H2,1-2H3. The summed E-state index contributed by atoms with van der Waals surface area (Å²) in [5, 5.41) is 3.69. The maximum absolute atomic E-state index is 11.9. The molecule has 5 nitrogen and oxygen atoms in total. The van der Waals surface area contributed by atoms with Crippen LogP contribution in [0.5, 0.6) is 0 Å². The zero-order valence-electron chi connectivity index (χ0n) is 11.7. The fraction of sp³-hybridized carbons (Fsp3) is 0.615. The van der Waals surface area contributed by atoms with Gasteiger partial charge in [0.25, 0.3) is 0 Å². The molecule has 1 aromatic heterocycles. The van der Waals surface area contributed by atoms with Gasteiger partial charge in [0.2, 0.25) is 0 Å². The molecule has 1 aliphatic rings. The largest absolute Gasteiger partial charge is 0.396 e. The fourth-order valence-electron chi connectivity index (χ4n) is 2.63. The minimum Gasteiger partial charge on any atom is -0.396 e. The van der Waals surface area contributed by atoms with E-state index in [4.69, 9.17) is 5.73 Å². The first-order valence-electron chi connectivity index (χ1n) is 6.68. The summed E-state index contributed by atoms with van der Waals surface area (Å²) in [4.78, 5) is 11.9. The number of rotatable bonds is 5. The maximum atomic E-state index is 11.9. The van der Waals surface area contributed by atoms with Crippen molar-refractivity contribution in [1.82, 2.24) is 0 Å². The van der Waals surface area contributed by atoms with E-state index in [1.807, 2.05) is 0 Å². The van der Waals surface area contributed by atoms with Gasteiger partial charge in [-0.3, -0.25) is 4.79 Å². The van der Waals surface area contributed by atoms with Gasteiger partial charge in [-0.05, 0) is 18.8 Å². The molecule has 0 aliphatic heterocycles. The van der Waals surface area contributed by atoms with Crippen LogP contribution in [0, 0.1) is 5.92 Å². The van der Waals surface area contributed by atoms with Crippen molar-refractivity contribution in [3.05, 3.63) is 4.88 Å². The van der Waals surface area contributed by atoms with Crippen LogP contribution in [0.4, 0.5) is 10.7 Å². The molecule has 0 aromatic carbocycles. The quantitative estimate of drug-likeness (QED) is 0.815. The van der Waals surface area contributed by atoms with Crippen LogP contribution in [0.15, 0.2) is 4.90 Å². The predicted octanol–water partition coefficient (Wildman–Crippen LogP) is 2.54. The molecule has 1 aromatic rings. The second-order valence-electron chi connectivity index (χ2n) is 5.36. The Morgan fingerprint density at radius 2 is 2.00 bits per heavy atom. The molecule has 2 rings (SSSR count). The van der Waals surface area contributed by atoms with E-state index in [1.54, 1.807) is 0 Å². The fourth-order valence-corrected chi connectivity index (χ4v) is 5.10. The summed E-state index contributed by atoms with van der Waals surface area (Å²) in [5.74, 6) is 0.373. The van der Waals surface area contributed by atoms with Gasteiger partial charge in [-0.25, -0.2) is 8.42 Å². The van der Waals surface area contributed by atoms with E-state index in [0.717, 1.165) is 24.1 Å². The molecule has 0 bridgehead atoms. The maximum Gasteiger partial charge on any atom is 0.180 e. The number of thiophene rings is 1. The third-order valence-corrected chi connectivity index (χ3v) is 6.18. The van der Waals surface area contributed by atoms with Gasteiger partial charge in [-0.15, -0.1) is 11.3 Å². The van der Waals surface area contributed by atoms with E-state index < -0.39 is 9.84 Å². The second-order valence-corrected chi connectivity index (χ2v) is 8.34. The predicted molar refractivity (Wildman–Crippen MR) is 82.3 cm³/mol. The van der Waals surface area contributed by atoms with Crippen LogP contribution >= 0.6 is 11.3 Å². The van der Waals surface area contributed by atoms with Gasteiger partial charge in [-0.2, -0.15) is 0 Å². The number of nitrogens with one attached hydrogen (secondary N) is 1. The third kappa shape index (κ3) is 3.15. The Balaban J connectivity index is 2.30. The summed E-state index contributed by atoms with van der Waals surface area (Å²) in [6.07, 6.45) is 5.92. The molecule has 1 fully saturated rings. The molecule has 3 N–H and O–H groups in total. The van der Waals surface area contributed by atoms with Crippen molar-refractivity contribution < 1.29 is 13.2 Å². The Morgan fingerprint density at radius 3 is 2.50 bits per heavy atom. The van der Waals surface area contributed by atoms with Crippen LogP contribution in [0.25, 0.3) is 0 Å². The molecule has 0 amide bonds. The highest BCUT2D eigenvalue weighted by atomic mass is 32.2. The highest BCUT2D eigenvalue weighted by Gasteiger charge is 2.26. The van der Waals surface area contributed by atoms with Gasteiger partial charge in [0.05, 0.1) is 10.6 Å². The van der Waals surface area contributed by atoms with Gasteiger partial charge >= 0.3 is 0 Å². The summed E-state index contributed by atoms with van der Waals surface area (Å²) in [6, 6.07) is 0. The van der Waals surface area contributed by atoms with Crippen molar-refractivity contribution in [2.75, 3.05) is 23.9 Å². The molecule has 1 heterocycles. The molecule has 0 radical (unpaired) electrons. The van der Waals surface area contributed by atoms with Crippen molar-refractivity contribution in [3.8, 4) is 0 Å². The van der Waals surface area contributed by atoms with E-state index in [2.05, 4.69) is 5.32 Å². The molecule has 7 heteroatoms. The summed E-state index contributed by atoms with van der Waals surface area (Å²) in [5.41, 5.74) is 5.93. The summed E-state index contributed by atoms with van der Waals surface area (Å²) >= 11 is 1.14. The number of anilines is 2. The SMILES string of the molecule is CC(=O)c1sc(NCC2CCCC2)c(S(C)(=O)=O)c1N. The Hall–Kier alpha value is -1.08. The summed E-state index contributed by atoms with van der Waals surface area (Å²) in [7, 11) is -3.45. The number of carbonyl (C=O) groups excluding carboxylic acids is 1. The zero-order valence-corrected chi connectivity index (χ0v) is 13.4.